The van der Waals surface area contributed by atoms with E-state index in [4.69, 9.17) is 14.9 Å². The number of aromatic nitrogens is 2. The topological polar surface area (TPSA) is 107 Å². The molecule has 0 unspecified atom stereocenters. The van der Waals surface area contributed by atoms with Crippen molar-refractivity contribution < 1.29 is 27.1 Å². The number of amides is 1. The molecule has 0 radical (unpaired) electrons. The van der Waals surface area contributed by atoms with Gasteiger partial charge in [-0.15, -0.1) is 0 Å². The van der Waals surface area contributed by atoms with Crippen LogP contribution in [0.3, 0.4) is 0 Å². The highest BCUT2D eigenvalue weighted by molar-refractivity contribution is 5.98. The van der Waals surface area contributed by atoms with Gasteiger partial charge in [0, 0.05) is 36.6 Å². The van der Waals surface area contributed by atoms with E-state index < -0.39 is 11.9 Å². The highest BCUT2D eigenvalue weighted by Gasteiger charge is 2.33. The van der Waals surface area contributed by atoms with Gasteiger partial charge in [-0.2, -0.15) is 13.2 Å². The first-order valence-electron chi connectivity index (χ1n) is 10.0. The maximum Gasteiger partial charge on any atom is 0.433 e. The van der Waals surface area contributed by atoms with E-state index >= 15 is 0 Å². The van der Waals surface area contributed by atoms with Crippen molar-refractivity contribution in [1.82, 2.24) is 20.2 Å². The number of hydrogen-bond donors (Lipinski definition) is 2. The summed E-state index contributed by atoms with van der Waals surface area (Å²) in [6.07, 6.45) is -4.61. The predicted molar refractivity (Wildman–Crippen MR) is 110 cm³/mol. The molecule has 0 bridgehead atoms. The molecule has 4 rings (SSSR count). The molecule has 3 aromatic rings. The molecule has 1 saturated heterocycles. The van der Waals surface area contributed by atoms with E-state index in [-0.39, 0.29) is 47.1 Å². The number of methoxy groups -OCH3 is 1. The summed E-state index contributed by atoms with van der Waals surface area (Å²) in [7, 11) is 1.35. The van der Waals surface area contributed by atoms with Crippen molar-refractivity contribution in [2.45, 2.75) is 25.7 Å². The number of rotatable bonds is 4. The molecule has 1 fully saturated rings. The monoisotopic (exact) mass is 449 g/mol. The van der Waals surface area contributed by atoms with Gasteiger partial charge in [-0.25, -0.2) is 9.97 Å². The molecule has 8 nitrogen and oxygen atoms in total. The Morgan fingerprint density at radius 3 is 2.75 bits per heavy atom. The number of ether oxygens (including phenoxy) is 1. The van der Waals surface area contributed by atoms with Crippen LogP contribution in [0, 0.1) is 0 Å². The lowest BCUT2D eigenvalue weighted by molar-refractivity contribution is -0.140. The van der Waals surface area contributed by atoms with E-state index in [2.05, 4.69) is 15.3 Å². The van der Waals surface area contributed by atoms with Crippen LogP contribution in [0.5, 0.6) is 5.75 Å². The summed E-state index contributed by atoms with van der Waals surface area (Å²) in [5.41, 5.74) is 5.23. The third-order valence-corrected chi connectivity index (χ3v) is 5.30. The van der Waals surface area contributed by atoms with Crippen LogP contribution in [0.1, 0.15) is 28.9 Å². The van der Waals surface area contributed by atoms with Crippen molar-refractivity contribution in [2.24, 2.45) is 5.73 Å². The molecule has 1 aromatic carbocycles. The highest BCUT2D eigenvalue weighted by atomic mass is 19.4. The van der Waals surface area contributed by atoms with Gasteiger partial charge in [0.15, 0.2) is 11.5 Å². The third-order valence-electron chi connectivity index (χ3n) is 5.30. The van der Waals surface area contributed by atoms with Gasteiger partial charge in [0.05, 0.1) is 13.7 Å². The number of benzene rings is 1. The van der Waals surface area contributed by atoms with Gasteiger partial charge in [0.1, 0.15) is 17.0 Å². The van der Waals surface area contributed by atoms with Crippen LogP contribution in [0.4, 0.5) is 13.2 Å². The lowest BCUT2D eigenvalue weighted by Crippen LogP contribution is -2.51. The number of carbonyl (C=O) groups is 1. The van der Waals surface area contributed by atoms with Crippen molar-refractivity contribution in [3.05, 3.63) is 41.4 Å². The van der Waals surface area contributed by atoms with Crippen LogP contribution in [0.25, 0.3) is 22.4 Å². The molecular weight excluding hydrogens is 427 g/mol. The zero-order valence-corrected chi connectivity index (χ0v) is 17.5. The van der Waals surface area contributed by atoms with Crippen LogP contribution < -0.4 is 15.8 Å². The Morgan fingerprint density at radius 2 is 2.09 bits per heavy atom. The molecule has 1 atom stereocenters. The summed E-state index contributed by atoms with van der Waals surface area (Å²) in [4.78, 5) is 22.8. The Balaban J connectivity index is 1.80. The predicted octanol–water partition coefficient (Wildman–Crippen LogP) is 2.81. The fraction of sp³-hybridized carbons (Fsp3) is 0.381. The number of oxazole rings is 1. The number of pyridine rings is 1. The Hall–Kier alpha value is -3.18. The quantitative estimate of drug-likeness (QED) is 0.631. The lowest BCUT2D eigenvalue weighted by Gasteiger charge is -2.31. The summed E-state index contributed by atoms with van der Waals surface area (Å²) >= 11 is 0. The van der Waals surface area contributed by atoms with Gasteiger partial charge in [-0.1, -0.05) is 0 Å². The van der Waals surface area contributed by atoms with E-state index in [0.717, 1.165) is 6.07 Å². The second-order valence-electron chi connectivity index (χ2n) is 7.51. The first-order valence-corrected chi connectivity index (χ1v) is 10.0. The first kappa shape index (κ1) is 22.0. The van der Waals surface area contributed by atoms with Gasteiger partial charge in [0.25, 0.3) is 5.91 Å². The Kier molecular flexibility index (Phi) is 5.78. The zero-order chi connectivity index (χ0) is 23.0. The van der Waals surface area contributed by atoms with E-state index in [0.29, 0.717) is 30.6 Å². The standard InChI is InChI=1S/C21H22F3N5O3/c1-11-10-29(8-7-26-11)20(30)18-15(9-25)32-19(28-18)13-3-5-14(31-2)17-12(13)4-6-16(27-17)21(22,23)24/h3-6,11,26H,7-10,25H2,1-2H3/t11-/m0/s1. The first-order chi connectivity index (χ1) is 15.2. The number of halogens is 3. The van der Waals surface area contributed by atoms with Crippen molar-refractivity contribution >= 4 is 16.8 Å². The molecule has 1 aliphatic rings. The fourth-order valence-electron chi connectivity index (χ4n) is 3.74. The number of nitrogens with two attached hydrogens (primary N) is 1. The summed E-state index contributed by atoms with van der Waals surface area (Å²) in [5.74, 6) is 0.155. The maximum atomic E-state index is 13.2. The fourth-order valence-corrected chi connectivity index (χ4v) is 3.74. The number of fused-ring (bicyclic) bond motifs is 1. The van der Waals surface area contributed by atoms with E-state index in [1.54, 1.807) is 11.0 Å². The molecule has 1 aliphatic heterocycles. The summed E-state index contributed by atoms with van der Waals surface area (Å²) < 4.78 is 50.5. The van der Waals surface area contributed by atoms with Crippen LogP contribution in [-0.4, -0.2) is 53.6 Å². The lowest BCUT2D eigenvalue weighted by atomic mass is 10.1. The molecule has 32 heavy (non-hydrogen) atoms. The average Bonchev–Trinajstić information content (AvgIpc) is 3.21. The van der Waals surface area contributed by atoms with Crippen molar-refractivity contribution in [1.29, 1.82) is 0 Å². The Morgan fingerprint density at radius 1 is 1.31 bits per heavy atom. The molecule has 11 heteroatoms. The molecule has 3 N–H and O–H groups in total. The highest BCUT2D eigenvalue weighted by Crippen LogP contribution is 2.37. The van der Waals surface area contributed by atoms with Crippen molar-refractivity contribution in [2.75, 3.05) is 26.7 Å². The van der Waals surface area contributed by atoms with Crippen molar-refractivity contribution in [3.8, 4) is 17.2 Å². The normalized spacial score (nSPS) is 17.1. The van der Waals surface area contributed by atoms with Gasteiger partial charge >= 0.3 is 6.18 Å². The third kappa shape index (κ3) is 4.00. The van der Waals surface area contributed by atoms with E-state index in [9.17, 15) is 18.0 Å². The molecule has 1 amide bonds. The van der Waals surface area contributed by atoms with Gasteiger partial charge in [-0.05, 0) is 31.2 Å². The second-order valence-corrected chi connectivity index (χ2v) is 7.51. The van der Waals surface area contributed by atoms with Crippen molar-refractivity contribution in [3.63, 3.8) is 0 Å². The van der Waals surface area contributed by atoms with E-state index in [1.165, 1.54) is 19.2 Å². The molecular formula is C21H22F3N5O3. The minimum absolute atomic E-state index is 0.0103. The van der Waals surface area contributed by atoms with Crippen LogP contribution in [0.15, 0.2) is 28.7 Å². The molecule has 3 heterocycles. The Bertz CT molecular complexity index is 1160. The number of carbonyl (C=O) groups excluding carboxylic acids is 1. The van der Waals surface area contributed by atoms with Crippen LogP contribution in [-0.2, 0) is 12.7 Å². The molecule has 0 aliphatic carbocycles. The minimum Gasteiger partial charge on any atom is -0.494 e. The largest absolute Gasteiger partial charge is 0.494 e. The van der Waals surface area contributed by atoms with Gasteiger partial charge in [0.2, 0.25) is 5.89 Å². The minimum atomic E-state index is -4.61. The zero-order valence-electron chi connectivity index (χ0n) is 17.5. The number of nitrogens with zero attached hydrogens (tertiary/aromatic N) is 3. The van der Waals surface area contributed by atoms with Gasteiger partial charge < -0.3 is 25.1 Å². The molecule has 0 spiro atoms. The maximum absolute atomic E-state index is 13.2. The van der Waals surface area contributed by atoms with Crippen LogP contribution in [0.2, 0.25) is 0 Å². The van der Waals surface area contributed by atoms with Crippen LogP contribution >= 0.6 is 0 Å². The average molecular weight is 449 g/mol. The molecule has 170 valence electrons. The summed E-state index contributed by atoms with van der Waals surface area (Å²) in [6.45, 7) is 3.61. The number of hydrogen-bond acceptors (Lipinski definition) is 7. The number of piperazine rings is 1. The summed E-state index contributed by atoms with van der Waals surface area (Å²) in [6, 6.07) is 5.39. The van der Waals surface area contributed by atoms with E-state index in [1.807, 2.05) is 6.92 Å². The second kappa shape index (κ2) is 8.40. The number of alkyl halides is 3. The Labute approximate surface area is 181 Å². The molecule has 2 aromatic heterocycles. The number of nitrogens with one attached hydrogen (secondary N) is 1. The van der Waals surface area contributed by atoms with Gasteiger partial charge in [-0.3, -0.25) is 4.79 Å². The summed E-state index contributed by atoms with van der Waals surface area (Å²) in [5, 5.41) is 3.61. The molecule has 0 saturated carbocycles. The smallest absolute Gasteiger partial charge is 0.433 e. The SMILES string of the molecule is COc1ccc(-c2nc(C(=O)N3CCN[C@@H](C)C3)c(CN)o2)c2ccc(C(F)(F)F)nc12.